The molecule has 0 saturated heterocycles. The molecule has 3 N–H and O–H groups in total. The molecule has 0 bridgehead atoms. The maximum absolute atomic E-state index is 10.6. The van der Waals surface area contributed by atoms with Crippen LogP contribution in [-0.2, 0) is 4.79 Å². The SMILES string of the molecule is O=C(O)C1(O)C=C(Cl)C(O)C1(Cl)Cl. The highest BCUT2D eigenvalue weighted by molar-refractivity contribution is 6.53. The predicted octanol–water partition coefficient (Wildman–Crippen LogP) is 0.473. The molecular weight excluding hydrogens is 242 g/mol. The fourth-order valence-corrected chi connectivity index (χ4v) is 1.90. The van der Waals surface area contributed by atoms with Crippen LogP contribution in [0.5, 0.6) is 0 Å². The lowest BCUT2D eigenvalue weighted by molar-refractivity contribution is -0.155. The number of aliphatic hydroxyl groups excluding tert-OH is 1. The van der Waals surface area contributed by atoms with Crippen molar-refractivity contribution in [1.29, 1.82) is 0 Å². The minimum Gasteiger partial charge on any atom is -0.479 e. The van der Waals surface area contributed by atoms with E-state index in [1.165, 1.54) is 0 Å². The summed E-state index contributed by atoms with van der Waals surface area (Å²) in [5.74, 6) is -1.67. The molecular formula is C6H5Cl3O4. The normalized spacial score (nSPS) is 37.3. The Morgan fingerprint density at radius 2 is 2.00 bits per heavy atom. The molecule has 0 radical (unpaired) electrons. The highest BCUT2D eigenvalue weighted by Gasteiger charge is 2.62. The number of carboxylic acid groups (broad SMARTS) is 1. The van der Waals surface area contributed by atoms with Gasteiger partial charge in [0.05, 0.1) is 0 Å². The Kier molecular flexibility index (Phi) is 2.56. The van der Waals surface area contributed by atoms with Crippen LogP contribution in [0.4, 0.5) is 0 Å². The van der Waals surface area contributed by atoms with Gasteiger partial charge in [-0.05, 0) is 6.08 Å². The average molecular weight is 247 g/mol. The van der Waals surface area contributed by atoms with Gasteiger partial charge >= 0.3 is 5.97 Å². The number of carboxylic acids is 1. The first-order chi connectivity index (χ1) is 5.73. The molecule has 74 valence electrons. The van der Waals surface area contributed by atoms with Crippen molar-refractivity contribution in [3.63, 3.8) is 0 Å². The van der Waals surface area contributed by atoms with Crippen LogP contribution in [-0.4, -0.2) is 37.3 Å². The molecule has 4 nitrogen and oxygen atoms in total. The van der Waals surface area contributed by atoms with Gasteiger partial charge in [-0.2, -0.15) is 0 Å². The van der Waals surface area contributed by atoms with Gasteiger partial charge < -0.3 is 15.3 Å². The van der Waals surface area contributed by atoms with E-state index in [0.29, 0.717) is 6.08 Å². The van der Waals surface area contributed by atoms with E-state index in [1.807, 2.05) is 0 Å². The van der Waals surface area contributed by atoms with Crippen molar-refractivity contribution in [3.8, 4) is 0 Å². The van der Waals surface area contributed by atoms with E-state index in [1.54, 1.807) is 0 Å². The molecule has 1 aliphatic carbocycles. The number of alkyl halides is 2. The van der Waals surface area contributed by atoms with Crippen LogP contribution >= 0.6 is 34.8 Å². The number of aliphatic carboxylic acids is 1. The van der Waals surface area contributed by atoms with Gasteiger partial charge in [0.1, 0.15) is 6.10 Å². The summed E-state index contributed by atoms with van der Waals surface area (Å²) in [6.45, 7) is 0. The van der Waals surface area contributed by atoms with Crippen LogP contribution in [0.25, 0.3) is 0 Å². The fourth-order valence-electron chi connectivity index (χ4n) is 0.961. The van der Waals surface area contributed by atoms with Crippen LogP contribution in [0.15, 0.2) is 11.1 Å². The minimum atomic E-state index is -2.56. The topological polar surface area (TPSA) is 77.8 Å². The van der Waals surface area contributed by atoms with Gasteiger partial charge in [0, 0.05) is 5.03 Å². The van der Waals surface area contributed by atoms with Crippen molar-refractivity contribution in [2.24, 2.45) is 0 Å². The van der Waals surface area contributed by atoms with Crippen molar-refractivity contribution in [1.82, 2.24) is 0 Å². The summed E-state index contributed by atoms with van der Waals surface area (Å²) in [5.41, 5.74) is -2.56. The molecule has 0 aromatic rings. The predicted molar refractivity (Wildman–Crippen MR) is 47.0 cm³/mol. The van der Waals surface area contributed by atoms with Gasteiger partial charge in [-0.15, -0.1) is 0 Å². The molecule has 2 unspecified atom stereocenters. The van der Waals surface area contributed by atoms with Gasteiger partial charge in [-0.3, -0.25) is 0 Å². The molecule has 7 heteroatoms. The van der Waals surface area contributed by atoms with E-state index in [2.05, 4.69) is 0 Å². The lowest BCUT2D eigenvalue weighted by atomic mass is 10.0. The van der Waals surface area contributed by atoms with Crippen LogP contribution in [0.3, 0.4) is 0 Å². The summed E-state index contributed by atoms with van der Waals surface area (Å²) in [5, 5.41) is 27.0. The average Bonchev–Trinajstić information content (AvgIpc) is 2.14. The van der Waals surface area contributed by atoms with Crippen LogP contribution in [0.2, 0.25) is 0 Å². The van der Waals surface area contributed by atoms with E-state index in [9.17, 15) is 15.0 Å². The second kappa shape index (κ2) is 3.00. The molecule has 1 aliphatic rings. The zero-order chi connectivity index (χ0) is 10.4. The van der Waals surface area contributed by atoms with Gasteiger partial charge in [0.15, 0.2) is 4.33 Å². The Morgan fingerprint density at radius 3 is 2.15 bits per heavy atom. The number of aliphatic hydroxyl groups is 2. The third-order valence-corrected chi connectivity index (χ3v) is 3.09. The van der Waals surface area contributed by atoms with E-state index < -0.39 is 22.0 Å². The van der Waals surface area contributed by atoms with Gasteiger partial charge in [-0.1, -0.05) is 34.8 Å². The summed E-state index contributed by atoms with van der Waals surface area (Å²) in [7, 11) is 0. The molecule has 0 saturated carbocycles. The monoisotopic (exact) mass is 246 g/mol. The maximum Gasteiger partial charge on any atom is 0.343 e. The Bertz CT molecular complexity index is 288. The van der Waals surface area contributed by atoms with Crippen molar-refractivity contribution >= 4 is 40.8 Å². The summed E-state index contributed by atoms with van der Waals surface area (Å²) < 4.78 is -2.27. The zero-order valence-corrected chi connectivity index (χ0v) is 8.31. The number of halogens is 3. The van der Waals surface area contributed by atoms with Crippen molar-refractivity contribution in [3.05, 3.63) is 11.1 Å². The summed E-state index contributed by atoms with van der Waals surface area (Å²) >= 11 is 16.3. The molecule has 13 heavy (non-hydrogen) atoms. The molecule has 0 spiro atoms. The number of hydrogen-bond acceptors (Lipinski definition) is 3. The molecule has 1 rings (SSSR count). The molecule has 0 aliphatic heterocycles. The number of carbonyl (C=O) groups is 1. The second-order valence-electron chi connectivity index (χ2n) is 2.63. The number of hydrogen-bond donors (Lipinski definition) is 3. The first-order valence-corrected chi connectivity index (χ1v) is 4.27. The molecule has 0 amide bonds. The van der Waals surface area contributed by atoms with Gasteiger partial charge in [0.25, 0.3) is 0 Å². The zero-order valence-electron chi connectivity index (χ0n) is 6.04. The van der Waals surface area contributed by atoms with Crippen molar-refractivity contribution in [2.75, 3.05) is 0 Å². The Hall–Kier alpha value is -0.000000000000000111. The molecule has 0 fully saturated rings. The molecule has 0 heterocycles. The minimum absolute atomic E-state index is 0.296. The first kappa shape index (κ1) is 11.1. The summed E-state index contributed by atoms with van der Waals surface area (Å²) in [6, 6.07) is 0. The molecule has 0 aromatic carbocycles. The molecule has 0 aromatic heterocycles. The molecule has 2 atom stereocenters. The van der Waals surface area contributed by atoms with Crippen molar-refractivity contribution < 1.29 is 20.1 Å². The first-order valence-electron chi connectivity index (χ1n) is 3.13. The maximum atomic E-state index is 10.6. The summed E-state index contributed by atoms with van der Waals surface area (Å²) in [4.78, 5) is 10.6. The lowest BCUT2D eigenvalue weighted by Gasteiger charge is -2.29. The Balaban J connectivity index is 3.22. The highest BCUT2D eigenvalue weighted by atomic mass is 35.5. The fraction of sp³-hybridized carbons (Fsp3) is 0.500. The Morgan fingerprint density at radius 1 is 1.54 bits per heavy atom. The quantitative estimate of drug-likeness (QED) is 0.589. The second-order valence-corrected chi connectivity index (χ2v) is 4.45. The lowest BCUT2D eigenvalue weighted by Crippen LogP contribution is -2.53. The van der Waals surface area contributed by atoms with Gasteiger partial charge in [-0.25, -0.2) is 4.79 Å². The van der Waals surface area contributed by atoms with Crippen LogP contribution < -0.4 is 0 Å². The third-order valence-electron chi connectivity index (χ3n) is 1.79. The van der Waals surface area contributed by atoms with E-state index in [4.69, 9.17) is 39.9 Å². The third kappa shape index (κ3) is 1.33. The Labute approximate surface area is 88.3 Å². The van der Waals surface area contributed by atoms with E-state index in [-0.39, 0.29) is 5.03 Å². The summed E-state index contributed by atoms with van der Waals surface area (Å²) in [6.07, 6.45) is -0.903. The van der Waals surface area contributed by atoms with E-state index in [0.717, 1.165) is 0 Å². The standard InChI is InChI=1S/C6H5Cl3O4/c7-2-1-5(13,4(11)12)6(8,9)3(2)10/h1,3,10,13H,(H,11,12). The van der Waals surface area contributed by atoms with Crippen LogP contribution in [0.1, 0.15) is 0 Å². The van der Waals surface area contributed by atoms with E-state index >= 15 is 0 Å². The number of rotatable bonds is 1. The largest absolute Gasteiger partial charge is 0.479 e. The van der Waals surface area contributed by atoms with Crippen molar-refractivity contribution in [2.45, 2.75) is 16.0 Å². The smallest absolute Gasteiger partial charge is 0.343 e. The van der Waals surface area contributed by atoms with Gasteiger partial charge in [0.2, 0.25) is 5.60 Å². The highest BCUT2D eigenvalue weighted by Crippen LogP contribution is 2.47. The van der Waals surface area contributed by atoms with Crippen LogP contribution in [0, 0.1) is 0 Å².